The molecule has 0 aromatic carbocycles. The molecule has 0 aromatic heterocycles. The number of hydrogen-bond donors (Lipinski definition) is 0. The molecule has 0 heterocycles. The molecule has 1 aliphatic carbocycles. The highest BCUT2D eigenvalue weighted by molar-refractivity contribution is 5.81. The summed E-state index contributed by atoms with van der Waals surface area (Å²) in [5.41, 5.74) is 2.76. The molecule has 1 atom stereocenters. The standard InChI is InChI=1S/C14H22O/c1-11(2)5-4-6-14(15)13-9-7-12(3)8-10-13/h5,7,13H,4,6,8-10H2,1-3H3/t13-/m1/s1. The zero-order valence-corrected chi connectivity index (χ0v) is 10.2. The molecule has 1 heteroatoms. The van der Waals surface area contributed by atoms with Crippen LogP contribution in [0.2, 0.25) is 0 Å². The maximum atomic E-state index is 11.8. The van der Waals surface area contributed by atoms with Crippen molar-refractivity contribution in [1.29, 1.82) is 0 Å². The van der Waals surface area contributed by atoms with Gasteiger partial charge in [-0.25, -0.2) is 0 Å². The van der Waals surface area contributed by atoms with Gasteiger partial charge in [0.2, 0.25) is 0 Å². The van der Waals surface area contributed by atoms with Crippen LogP contribution in [0.25, 0.3) is 0 Å². The van der Waals surface area contributed by atoms with Crippen LogP contribution < -0.4 is 0 Å². The highest BCUT2D eigenvalue weighted by atomic mass is 16.1. The van der Waals surface area contributed by atoms with Gasteiger partial charge in [-0.3, -0.25) is 4.79 Å². The van der Waals surface area contributed by atoms with Crippen molar-refractivity contribution in [1.82, 2.24) is 0 Å². The van der Waals surface area contributed by atoms with E-state index in [-0.39, 0.29) is 0 Å². The van der Waals surface area contributed by atoms with Crippen molar-refractivity contribution >= 4 is 5.78 Å². The van der Waals surface area contributed by atoms with E-state index in [0.29, 0.717) is 11.7 Å². The van der Waals surface area contributed by atoms with Crippen LogP contribution >= 0.6 is 0 Å². The molecule has 0 saturated heterocycles. The predicted molar refractivity (Wildman–Crippen MR) is 64.8 cm³/mol. The lowest BCUT2D eigenvalue weighted by Gasteiger charge is -2.18. The van der Waals surface area contributed by atoms with Crippen LogP contribution in [0.4, 0.5) is 0 Å². The lowest BCUT2D eigenvalue weighted by atomic mass is 9.86. The van der Waals surface area contributed by atoms with Crippen LogP contribution in [0.3, 0.4) is 0 Å². The van der Waals surface area contributed by atoms with Crippen molar-refractivity contribution in [3.8, 4) is 0 Å². The van der Waals surface area contributed by atoms with E-state index in [9.17, 15) is 4.79 Å². The molecular weight excluding hydrogens is 184 g/mol. The zero-order chi connectivity index (χ0) is 11.3. The third kappa shape index (κ3) is 4.46. The second-order valence-electron chi connectivity index (χ2n) is 4.81. The quantitative estimate of drug-likeness (QED) is 0.634. The number of carbonyl (C=O) groups is 1. The molecule has 0 saturated carbocycles. The Balaban J connectivity index is 2.32. The fourth-order valence-electron chi connectivity index (χ4n) is 1.96. The molecule has 0 bridgehead atoms. The lowest BCUT2D eigenvalue weighted by Crippen LogP contribution is -2.16. The summed E-state index contributed by atoms with van der Waals surface area (Å²) in [6, 6.07) is 0. The number of hydrogen-bond acceptors (Lipinski definition) is 1. The number of rotatable bonds is 4. The second kappa shape index (κ2) is 5.89. The second-order valence-corrected chi connectivity index (χ2v) is 4.81. The van der Waals surface area contributed by atoms with Crippen LogP contribution in [0.15, 0.2) is 23.3 Å². The van der Waals surface area contributed by atoms with Gasteiger partial charge in [0.05, 0.1) is 0 Å². The van der Waals surface area contributed by atoms with Gasteiger partial charge in [-0.05, 0) is 46.5 Å². The summed E-state index contributed by atoms with van der Waals surface area (Å²) in [4.78, 5) is 11.8. The Hall–Kier alpha value is -0.850. The Morgan fingerprint density at radius 2 is 2.27 bits per heavy atom. The van der Waals surface area contributed by atoms with E-state index < -0.39 is 0 Å². The maximum Gasteiger partial charge on any atom is 0.136 e. The fourth-order valence-corrected chi connectivity index (χ4v) is 1.96. The highest BCUT2D eigenvalue weighted by Gasteiger charge is 2.19. The average molecular weight is 206 g/mol. The van der Waals surface area contributed by atoms with E-state index in [1.54, 1.807) is 0 Å². The first-order chi connectivity index (χ1) is 7.09. The van der Waals surface area contributed by atoms with E-state index in [0.717, 1.165) is 32.1 Å². The van der Waals surface area contributed by atoms with E-state index in [2.05, 4.69) is 32.9 Å². The fraction of sp³-hybridized carbons (Fsp3) is 0.643. The molecule has 0 amide bonds. The van der Waals surface area contributed by atoms with E-state index >= 15 is 0 Å². The molecule has 0 spiro atoms. The first-order valence-corrected chi connectivity index (χ1v) is 5.91. The summed E-state index contributed by atoms with van der Waals surface area (Å²) in [5, 5.41) is 0. The molecule has 1 aliphatic rings. The molecule has 0 fully saturated rings. The van der Waals surface area contributed by atoms with Crippen molar-refractivity contribution < 1.29 is 4.79 Å². The van der Waals surface area contributed by atoms with Gasteiger partial charge in [0.15, 0.2) is 0 Å². The van der Waals surface area contributed by atoms with E-state index in [4.69, 9.17) is 0 Å². The molecular formula is C14H22O. The Kier molecular flexibility index (Phi) is 4.80. The van der Waals surface area contributed by atoms with Crippen LogP contribution in [-0.2, 0) is 4.79 Å². The average Bonchev–Trinajstić information content (AvgIpc) is 2.18. The van der Waals surface area contributed by atoms with Crippen molar-refractivity contribution in [3.63, 3.8) is 0 Å². The molecule has 0 radical (unpaired) electrons. The minimum absolute atomic E-state index is 0.305. The summed E-state index contributed by atoms with van der Waals surface area (Å²) in [6.07, 6.45) is 9.17. The minimum Gasteiger partial charge on any atom is -0.299 e. The SMILES string of the molecule is CC(C)=CCCC(=O)[C@@H]1CC=C(C)CC1. The van der Waals surface area contributed by atoms with Gasteiger partial charge in [-0.15, -0.1) is 0 Å². The van der Waals surface area contributed by atoms with Gasteiger partial charge in [0.1, 0.15) is 5.78 Å². The zero-order valence-electron chi connectivity index (χ0n) is 10.2. The first-order valence-electron chi connectivity index (χ1n) is 5.91. The number of ketones is 1. The molecule has 0 unspecified atom stereocenters. The van der Waals surface area contributed by atoms with Crippen molar-refractivity contribution in [2.24, 2.45) is 5.92 Å². The van der Waals surface area contributed by atoms with Crippen LogP contribution in [0.5, 0.6) is 0 Å². The number of allylic oxidation sites excluding steroid dienone is 4. The largest absolute Gasteiger partial charge is 0.299 e. The van der Waals surface area contributed by atoms with Gasteiger partial charge in [-0.1, -0.05) is 23.3 Å². The molecule has 15 heavy (non-hydrogen) atoms. The Morgan fingerprint density at radius 3 is 2.80 bits per heavy atom. The molecule has 1 rings (SSSR count). The monoisotopic (exact) mass is 206 g/mol. The lowest BCUT2D eigenvalue weighted by molar-refractivity contribution is -0.123. The Labute approximate surface area is 93.3 Å². The van der Waals surface area contributed by atoms with Crippen LogP contribution in [0, 0.1) is 5.92 Å². The third-order valence-electron chi connectivity index (χ3n) is 3.04. The summed E-state index contributed by atoms with van der Waals surface area (Å²) in [5.74, 6) is 0.760. The Morgan fingerprint density at radius 1 is 1.53 bits per heavy atom. The van der Waals surface area contributed by atoms with Crippen LogP contribution in [-0.4, -0.2) is 5.78 Å². The maximum absolute atomic E-state index is 11.8. The molecule has 0 aliphatic heterocycles. The molecule has 1 nitrogen and oxygen atoms in total. The molecule has 0 N–H and O–H groups in total. The van der Waals surface area contributed by atoms with Gasteiger partial charge in [-0.2, -0.15) is 0 Å². The summed E-state index contributed by atoms with van der Waals surface area (Å²) in [6.45, 7) is 6.32. The summed E-state index contributed by atoms with van der Waals surface area (Å²) < 4.78 is 0. The van der Waals surface area contributed by atoms with Crippen LogP contribution in [0.1, 0.15) is 52.9 Å². The van der Waals surface area contributed by atoms with Gasteiger partial charge in [0, 0.05) is 12.3 Å². The van der Waals surface area contributed by atoms with Crippen molar-refractivity contribution in [2.45, 2.75) is 52.9 Å². The van der Waals surface area contributed by atoms with Gasteiger partial charge in [0.25, 0.3) is 0 Å². The summed E-state index contributed by atoms with van der Waals surface area (Å²) >= 11 is 0. The van der Waals surface area contributed by atoms with Gasteiger partial charge < -0.3 is 0 Å². The topological polar surface area (TPSA) is 17.1 Å². The van der Waals surface area contributed by atoms with Crippen molar-refractivity contribution in [3.05, 3.63) is 23.3 Å². The number of Topliss-reactive ketones (excluding diaryl/α,β-unsaturated/α-hetero) is 1. The normalized spacial score (nSPS) is 20.7. The first kappa shape index (κ1) is 12.2. The predicted octanol–water partition coefficient (Wildman–Crippen LogP) is 4.05. The molecule has 84 valence electrons. The summed E-state index contributed by atoms with van der Waals surface area (Å²) in [7, 11) is 0. The minimum atomic E-state index is 0.305. The Bertz CT molecular complexity index is 280. The number of carbonyl (C=O) groups excluding carboxylic acids is 1. The highest BCUT2D eigenvalue weighted by Crippen LogP contribution is 2.25. The van der Waals surface area contributed by atoms with E-state index in [1.165, 1.54) is 11.1 Å². The van der Waals surface area contributed by atoms with Crippen molar-refractivity contribution in [2.75, 3.05) is 0 Å². The molecule has 0 aromatic rings. The van der Waals surface area contributed by atoms with E-state index in [1.807, 2.05) is 0 Å². The van der Waals surface area contributed by atoms with Gasteiger partial charge >= 0.3 is 0 Å². The third-order valence-corrected chi connectivity index (χ3v) is 3.04. The smallest absolute Gasteiger partial charge is 0.136 e.